The van der Waals surface area contributed by atoms with Crippen LogP contribution in [-0.2, 0) is 9.84 Å². The molecule has 0 amide bonds. The van der Waals surface area contributed by atoms with Crippen LogP contribution in [0.2, 0.25) is 0 Å². The summed E-state index contributed by atoms with van der Waals surface area (Å²) in [7, 11) is -3.12. The van der Waals surface area contributed by atoms with Gasteiger partial charge in [-0.25, -0.2) is 8.42 Å². The predicted octanol–water partition coefficient (Wildman–Crippen LogP) is 2.12. The highest BCUT2D eigenvalue weighted by molar-refractivity contribution is 7.91. The van der Waals surface area contributed by atoms with Crippen molar-refractivity contribution < 1.29 is 13.2 Å². The second-order valence-electron chi connectivity index (χ2n) is 4.20. The Morgan fingerprint density at radius 2 is 2.06 bits per heavy atom. The zero-order chi connectivity index (χ0) is 13.6. The molecular formula is C14H18O3S. The number of ether oxygens (including phenoxy) is 1. The minimum atomic E-state index is -3.12. The Balaban J connectivity index is 2.44. The van der Waals surface area contributed by atoms with Crippen LogP contribution in [-0.4, -0.2) is 26.5 Å². The molecule has 0 bridgehead atoms. The normalized spacial score (nSPS) is 10.9. The van der Waals surface area contributed by atoms with E-state index < -0.39 is 9.84 Å². The number of hydrogen-bond donors (Lipinski definition) is 0. The van der Waals surface area contributed by atoms with E-state index >= 15 is 0 Å². The summed E-state index contributed by atoms with van der Waals surface area (Å²) in [5, 5.41) is 0. The average molecular weight is 266 g/mol. The number of benzene rings is 1. The molecule has 0 aliphatic heterocycles. The Morgan fingerprint density at radius 3 is 2.72 bits per heavy atom. The number of rotatable bonds is 6. The Bertz CT molecular complexity index is 539. The molecule has 0 spiro atoms. The SMILES string of the molecule is C#CCS(=O)(=O)CCCOc1cccc(C)c1C. The van der Waals surface area contributed by atoms with E-state index in [1.807, 2.05) is 32.0 Å². The summed E-state index contributed by atoms with van der Waals surface area (Å²) >= 11 is 0. The van der Waals surface area contributed by atoms with Gasteiger partial charge in [-0.15, -0.1) is 6.42 Å². The summed E-state index contributed by atoms with van der Waals surface area (Å²) in [6.45, 7) is 4.38. The smallest absolute Gasteiger partial charge is 0.161 e. The molecule has 18 heavy (non-hydrogen) atoms. The third kappa shape index (κ3) is 4.42. The summed E-state index contributed by atoms with van der Waals surface area (Å²) in [5.41, 5.74) is 2.25. The minimum absolute atomic E-state index is 0.0715. The van der Waals surface area contributed by atoms with E-state index in [1.165, 1.54) is 0 Å². The highest BCUT2D eigenvalue weighted by atomic mass is 32.2. The minimum Gasteiger partial charge on any atom is -0.493 e. The topological polar surface area (TPSA) is 43.4 Å². The standard InChI is InChI=1S/C14H18O3S/c1-4-10-18(15,16)11-6-9-17-14-8-5-7-12(2)13(14)3/h1,5,7-8H,6,9-11H2,2-3H3. The molecule has 0 aliphatic rings. The Morgan fingerprint density at radius 1 is 1.33 bits per heavy atom. The highest BCUT2D eigenvalue weighted by Crippen LogP contribution is 2.20. The summed E-state index contributed by atoms with van der Waals surface area (Å²) in [6, 6.07) is 5.82. The molecule has 3 nitrogen and oxygen atoms in total. The van der Waals surface area contributed by atoms with Crippen LogP contribution in [0.25, 0.3) is 0 Å². The third-order valence-corrected chi connectivity index (χ3v) is 4.23. The van der Waals surface area contributed by atoms with Gasteiger partial charge in [0.15, 0.2) is 9.84 Å². The van der Waals surface area contributed by atoms with Gasteiger partial charge in [-0.2, -0.15) is 0 Å². The second kappa shape index (κ2) is 6.46. The zero-order valence-corrected chi connectivity index (χ0v) is 11.6. The van der Waals surface area contributed by atoms with Crippen molar-refractivity contribution in [3.63, 3.8) is 0 Å². The molecule has 4 heteroatoms. The van der Waals surface area contributed by atoms with Crippen LogP contribution in [0.1, 0.15) is 17.5 Å². The van der Waals surface area contributed by atoms with E-state index in [2.05, 4.69) is 5.92 Å². The summed E-state index contributed by atoms with van der Waals surface area (Å²) in [6.07, 6.45) is 5.44. The van der Waals surface area contributed by atoms with Crippen molar-refractivity contribution in [1.29, 1.82) is 0 Å². The molecule has 0 aromatic heterocycles. The van der Waals surface area contributed by atoms with Crippen LogP contribution >= 0.6 is 0 Å². The second-order valence-corrected chi connectivity index (χ2v) is 6.38. The van der Waals surface area contributed by atoms with Gasteiger partial charge in [-0.1, -0.05) is 18.1 Å². The van der Waals surface area contributed by atoms with E-state index in [-0.39, 0.29) is 11.5 Å². The third-order valence-electron chi connectivity index (χ3n) is 2.72. The van der Waals surface area contributed by atoms with Gasteiger partial charge in [0.25, 0.3) is 0 Å². The first-order valence-electron chi connectivity index (χ1n) is 5.79. The van der Waals surface area contributed by atoms with Crippen molar-refractivity contribution in [2.75, 3.05) is 18.1 Å². The summed E-state index contributed by atoms with van der Waals surface area (Å²) < 4.78 is 28.3. The average Bonchev–Trinajstić information content (AvgIpc) is 2.29. The van der Waals surface area contributed by atoms with Crippen LogP contribution in [0, 0.1) is 26.2 Å². The van der Waals surface area contributed by atoms with Gasteiger partial charge in [0.05, 0.1) is 12.4 Å². The van der Waals surface area contributed by atoms with Gasteiger partial charge in [-0.3, -0.25) is 0 Å². The lowest BCUT2D eigenvalue weighted by molar-refractivity contribution is 0.315. The Kier molecular flexibility index (Phi) is 5.24. The van der Waals surface area contributed by atoms with E-state index in [4.69, 9.17) is 11.2 Å². The molecule has 98 valence electrons. The van der Waals surface area contributed by atoms with Crippen molar-refractivity contribution in [1.82, 2.24) is 0 Å². The van der Waals surface area contributed by atoms with Crippen molar-refractivity contribution >= 4 is 9.84 Å². The molecule has 0 heterocycles. The van der Waals surface area contributed by atoms with Gasteiger partial charge < -0.3 is 4.74 Å². The Labute approximate surface area is 109 Å². The lowest BCUT2D eigenvalue weighted by Crippen LogP contribution is -2.12. The largest absolute Gasteiger partial charge is 0.493 e. The number of hydrogen-bond acceptors (Lipinski definition) is 3. The van der Waals surface area contributed by atoms with E-state index in [9.17, 15) is 8.42 Å². The number of aryl methyl sites for hydroxylation is 1. The van der Waals surface area contributed by atoms with Crippen LogP contribution in [0.15, 0.2) is 18.2 Å². The monoisotopic (exact) mass is 266 g/mol. The van der Waals surface area contributed by atoms with Gasteiger partial charge in [0, 0.05) is 0 Å². The molecule has 0 saturated heterocycles. The summed E-state index contributed by atoms with van der Waals surface area (Å²) in [4.78, 5) is 0. The maximum absolute atomic E-state index is 11.4. The van der Waals surface area contributed by atoms with Gasteiger partial charge in [0.2, 0.25) is 0 Å². The fraction of sp³-hybridized carbons (Fsp3) is 0.429. The molecule has 0 aliphatic carbocycles. The van der Waals surface area contributed by atoms with Gasteiger partial charge in [0.1, 0.15) is 11.5 Å². The number of terminal acetylenes is 1. The molecular weight excluding hydrogens is 248 g/mol. The Hall–Kier alpha value is -1.47. The van der Waals surface area contributed by atoms with Crippen LogP contribution in [0.5, 0.6) is 5.75 Å². The quantitative estimate of drug-likeness (QED) is 0.585. The first-order valence-corrected chi connectivity index (χ1v) is 7.61. The van der Waals surface area contributed by atoms with Crippen molar-refractivity contribution in [3.05, 3.63) is 29.3 Å². The predicted molar refractivity (Wildman–Crippen MR) is 73.5 cm³/mol. The fourth-order valence-electron chi connectivity index (χ4n) is 1.54. The molecule has 0 N–H and O–H groups in total. The van der Waals surface area contributed by atoms with E-state index in [0.717, 1.165) is 16.9 Å². The molecule has 0 fully saturated rings. The number of sulfone groups is 1. The van der Waals surface area contributed by atoms with Crippen molar-refractivity contribution in [2.45, 2.75) is 20.3 Å². The summed E-state index contributed by atoms with van der Waals surface area (Å²) in [5.74, 6) is 2.84. The van der Waals surface area contributed by atoms with Crippen molar-refractivity contribution in [2.24, 2.45) is 0 Å². The van der Waals surface area contributed by atoms with Crippen LogP contribution in [0.4, 0.5) is 0 Å². The molecule has 0 saturated carbocycles. The van der Waals surface area contributed by atoms with Gasteiger partial charge in [-0.05, 0) is 37.5 Å². The van der Waals surface area contributed by atoms with E-state index in [0.29, 0.717) is 13.0 Å². The highest BCUT2D eigenvalue weighted by Gasteiger charge is 2.08. The first-order chi connectivity index (χ1) is 8.46. The van der Waals surface area contributed by atoms with E-state index in [1.54, 1.807) is 0 Å². The maximum atomic E-state index is 11.4. The first kappa shape index (κ1) is 14.6. The fourth-order valence-corrected chi connectivity index (χ4v) is 2.50. The lowest BCUT2D eigenvalue weighted by Gasteiger charge is -2.10. The molecule has 0 atom stereocenters. The molecule has 0 unspecified atom stereocenters. The lowest BCUT2D eigenvalue weighted by atomic mass is 10.1. The zero-order valence-electron chi connectivity index (χ0n) is 10.8. The maximum Gasteiger partial charge on any atom is 0.161 e. The van der Waals surface area contributed by atoms with Crippen molar-refractivity contribution in [3.8, 4) is 18.1 Å². The molecule has 1 aromatic carbocycles. The van der Waals surface area contributed by atoms with Gasteiger partial charge >= 0.3 is 0 Å². The molecule has 0 radical (unpaired) electrons. The molecule has 1 rings (SSSR count). The van der Waals surface area contributed by atoms with Crippen LogP contribution in [0.3, 0.4) is 0 Å². The van der Waals surface area contributed by atoms with Crippen LogP contribution < -0.4 is 4.74 Å². The molecule has 1 aromatic rings.